The zero-order valence-electron chi connectivity index (χ0n) is 37.1. The maximum atomic E-state index is 14.1. The van der Waals surface area contributed by atoms with Gasteiger partial charge in [0.25, 0.3) is 0 Å². The highest BCUT2D eigenvalue weighted by Gasteiger charge is 2.45. The zero-order valence-corrected chi connectivity index (χ0v) is 37.1. The largest absolute Gasteiger partial charge is 0.481 e. The Hall–Kier alpha value is -3.01. The Morgan fingerprint density at radius 1 is 0.807 bits per heavy atom. The van der Waals surface area contributed by atoms with Gasteiger partial charge in [-0.25, -0.2) is 4.57 Å². The number of primary amides is 1. The molecule has 0 bridgehead atoms. The Morgan fingerprint density at radius 2 is 1.37 bits per heavy atom. The Morgan fingerprint density at radius 3 is 1.88 bits per heavy atom. The third-order valence-electron chi connectivity index (χ3n) is 12.7. The topological polar surface area (TPSA) is 140 Å². The quantitative estimate of drug-likeness (QED) is 0.0282. The fourth-order valence-corrected chi connectivity index (χ4v) is 10.2. The summed E-state index contributed by atoms with van der Waals surface area (Å²) in [6.45, 7) is 18.2. The van der Waals surface area contributed by atoms with Crippen molar-refractivity contribution in [1.29, 1.82) is 0 Å². The molecule has 0 aliphatic heterocycles. The molecule has 1 aromatic heterocycles. The van der Waals surface area contributed by atoms with E-state index in [2.05, 4.69) is 68.2 Å². The Kier molecular flexibility index (Phi) is 25.0. The van der Waals surface area contributed by atoms with Gasteiger partial charge in [0.1, 0.15) is 6.54 Å². The molecule has 7 atom stereocenters. The van der Waals surface area contributed by atoms with Gasteiger partial charge in [0, 0.05) is 43.4 Å². The highest BCUT2D eigenvalue weighted by molar-refractivity contribution is 5.78. The normalized spacial score (nSPS) is 19.1. The number of carboxylic acids is 1. The van der Waals surface area contributed by atoms with Crippen LogP contribution in [0.4, 0.5) is 0 Å². The first-order valence-electron chi connectivity index (χ1n) is 23.1. The Labute approximate surface area is 347 Å². The molecule has 7 unspecified atom stereocenters. The summed E-state index contributed by atoms with van der Waals surface area (Å²) in [6.07, 6.45) is 22.4. The van der Waals surface area contributed by atoms with Gasteiger partial charge < -0.3 is 25.4 Å². The zero-order chi connectivity index (χ0) is 42.1. The standard InChI is InChI=1S/C47H82N4O6/c1-7-27-51(28-8-2,29-9-3)36-37(5)31-41(32-40-33-42(49-38(6)52)35-43(40)44(46(54)55)34-39(10-4)45(48)53)47(56)57-30-23-18-16-14-12-11-13-15-17-20-24-50-25-21-19-22-26-50/h19,21-22,25-26,37,39-44H,7-18,20,23-24,27-36H2,1-6H3,(H2-2,48,49,52,53,54,55)/p+2. The molecule has 1 aliphatic rings. The van der Waals surface area contributed by atoms with Crippen molar-refractivity contribution in [2.75, 3.05) is 32.8 Å². The number of rotatable bonds is 33. The summed E-state index contributed by atoms with van der Waals surface area (Å²) in [5.74, 6) is -3.57. The maximum Gasteiger partial charge on any atom is 0.308 e. The third-order valence-corrected chi connectivity index (χ3v) is 12.7. The van der Waals surface area contributed by atoms with Gasteiger partial charge in [-0.1, -0.05) is 85.6 Å². The fraction of sp³-hybridized carbons (Fsp3) is 0.809. The molecule has 10 nitrogen and oxygen atoms in total. The van der Waals surface area contributed by atoms with Crippen LogP contribution < -0.4 is 15.6 Å². The molecule has 4 N–H and O–H groups in total. The summed E-state index contributed by atoms with van der Waals surface area (Å²) < 4.78 is 9.37. The monoisotopic (exact) mass is 801 g/mol. The number of amides is 2. The van der Waals surface area contributed by atoms with E-state index in [1.54, 1.807) is 0 Å². The van der Waals surface area contributed by atoms with Crippen molar-refractivity contribution in [3.8, 4) is 0 Å². The number of unbranched alkanes of at least 4 members (excludes halogenated alkanes) is 9. The molecule has 10 heteroatoms. The summed E-state index contributed by atoms with van der Waals surface area (Å²) in [6, 6.07) is 6.04. The number of pyridine rings is 1. The van der Waals surface area contributed by atoms with Gasteiger partial charge in [-0.2, -0.15) is 0 Å². The second-order valence-corrected chi connectivity index (χ2v) is 17.8. The van der Waals surface area contributed by atoms with E-state index < -0.39 is 23.7 Å². The third kappa shape index (κ3) is 19.5. The number of quaternary nitrogens is 1. The molecule has 2 rings (SSSR count). The summed E-state index contributed by atoms with van der Waals surface area (Å²) in [5, 5.41) is 13.5. The molecule has 2 amide bonds. The molecule has 1 aliphatic carbocycles. The van der Waals surface area contributed by atoms with Crippen LogP contribution in [0, 0.1) is 35.5 Å². The first-order valence-corrected chi connectivity index (χ1v) is 23.1. The number of esters is 1. The maximum absolute atomic E-state index is 14.1. The molecule has 1 heterocycles. The number of aromatic nitrogens is 1. The first-order chi connectivity index (χ1) is 27.4. The summed E-state index contributed by atoms with van der Waals surface area (Å²) in [7, 11) is 0. The van der Waals surface area contributed by atoms with E-state index in [9.17, 15) is 24.3 Å². The SMILES string of the molecule is CCC[N+](CCC)(CCC)CC(C)CC(CC1CC(NC(C)=O)CC1C(CC(CC)C(N)=O)C(=O)O)C(=O)OCCCCCCCCCCCC[n+]1ccccc1. The van der Waals surface area contributed by atoms with Gasteiger partial charge in [0.15, 0.2) is 12.4 Å². The fourth-order valence-electron chi connectivity index (χ4n) is 10.2. The number of hydrogen-bond acceptors (Lipinski definition) is 5. The van der Waals surface area contributed by atoms with Gasteiger partial charge in [0.05, 0.1) is 44.6 Å². The molecule has 1 fully saturated rings. The van der Waals surface area contributed by atoms with E-state index in [4.69, 9.17) is 10.5 Å². The number of carboxylic acid groups (broad SMARTS) is 1. The number of nitrogens with one attached hydrogen (secondary N) is 1. The van der Waals surface area contributed by atoms with E-state index in [1.807, 2.05) is 6.92 Å². The number of aliphatic carboxylic acids is 1. The van der Waals surface area contributed by atoms with Crippen molar-refractivity contribution in [1.82, 2.24) is 5.32 Å². The van der Waals surface area contributed by atoms with Crippen molar-refractivity contribution in [3.63, 3.8) is 0 Å². The molecule has 0 aromatic carbocycles. The molecule has 326 valence electrons. The van der Waals surface area contributed by atoms with Gasteiger partial charge in [-0.15, -0.1) is 0 Å². The lowest BCUT2D eigenvalue weighted by molar-refractivity contribution is -0.931. The highest BCUT2D eigenvalue weighted by atomic mass is 16.5. The van der Waals surface area contributed by atoms with E-state index in [0.717, 1.165) is 75.7 Å². The Bertz CT molecular complexity index is 1260. The van der Waals surface area contributed by atoms with Gasteiger partial charge in [-0.3, -0.25) is 19.2 Å². The minimum atomic E-state index is -0.945. The predicted octanol–water partition coefficient (Wildman–Crippen LogP) is 8.63. The second-order valence-electron chi connectivity index (χ2n) is 17.8. The number of carbonyl (C=O) groups is 4. The molecular formula is C47H84N4O6+2. The summed E-state index contributed by atoms with van der Waals surface area (Å²) >= 11 is 0. The van der Waals surface area contributed by atoms with E-state index >= 15 is 0 Å². The molecule has 0 radical (unpaired) electrons. The summed E-state index contributed by atoms with van der Waals surface area (Å²) in [4.78, 5) is 51.3. The van der Waals surface area contributed by atoms with Gasteiger partial charge in [-0.05, 0) is 82.5 Å². The van der Waals surface area contributed by atoms with Crippen LogP contribution in [0.15, 0.2) is 30.6 Å². The molecule has 57 heavy (non-hydrogen) atoms. The van der Waals surface area contributed by atoms with Crippen LogP contribution in [-0.2, 0) is 30.5 Å². The lowest BCUT2D eigenvalue weighted by Crippen LogP contribution is -2.52. The molecule has 1 saturated carbocycles. The minimum Gasteiger partial charge on any atom is -0.481 e. The van der Waals surface area contributed by atoms with Crippen molar-refractivity contribution in [2.45, 2.75) is 176 Å². The molecule has 1 aromatic rings. The van der Waals surface area contributed by atoms with Crippen molar-refractivity contribution < 1.29 is 38.1 Å². The average Bonchev–Trinajstić information content (AvgIpc) is 3.54. The van der Waals surface area contributed by atoms with Crippen molar-refractivity contribution in [3.05, 3.63) is 30.6 Å². The molecular weight excluding hydrogens is 717 g/mol. The number of nitrogens with zero attached hydrogens (tertiary/aromatic N) is 2. The van der Waals surface area contributed by atoms with Gasteiger partial charge >= 0.3 is 11.9 Å². The first kappa shape index (κ1) is 50.1. The van der Waals surface area contributed by atoms with Crippen LogP contribution in [0.3, 0.4) is 0 Å². The smallest absolute Gasteiger partial charge is 0.308 e. The lowest BCUT2D eigenvalue weighted by atomic mass is 9.74. The number of carbonyl (C=O) groups excluding carboxylic acids is 3. The van der Waals surface area contributed by atoms with Crippen LogP contribution in [-0.4, -0.2) is 72.2 Å². The van der Waals surface area contributed by atoms with Crippen LogP contribution in [0.5, 0.6) is 0 Å². The minimum absolute atomic E-state index is 0.109. The predicted molar refractivity (Wildman–Crippen MR) is 229 cm³/mol. The average molecular weight is 801 g/mol. The number of ether oxygens (including phenoxy) is 1. The van der Waals surface area contributed by atoms with E-state index in [1.165, 1.54) is 51.9 Å². The number of hydrogen-bond donors (Lipinski definition) is 3. The van der Waals surface area contributed by atoms with E-state index in [-0.39, 0.29) is 48.0 Å². The van der Waals surface area contributed by atoms with E-state index in [0.29, 0.717) is 38.7 Å². The van der Waals surface area contributed by atoms with Gasteiger partial charge in [0.2, 0.25) is 11.8 Å². The van der Waals surface area contributed by atoms with Crippen LogP contribution in [0.2, 0.25) is 0 Å². The summed E-state index contributed by atoms with van der Waals surface area (Å²) in [5.41, 5.74) is 5.69. The van der Waals surface area contributed by atoms with Crippen molar-refractivity contribution >= 4 is 23.8 Å². The number of aryl methyl sites for hydroxylation is 1. The molecule has 0 spiro atoms. The van der Waals surface area contributed by atoms with Crippen LogP contribution in [0.1, 0.15) is 164 Å². The molecule has 0 saturated heterocycles. The number of nitrogens with two attached hydrogens (primary N) is 1. The highest BCUT2D eigenvalue weighted by Crippen LogP contribution is 2.44. The Balaban J connectivity index is 2.06. The lowest BCUT2D eigenvalue weighted by Gasteiger charge is -2.41. The van der Waals surface area contributed by atoms with Crippen LogP contribution in [0.25, 0.3) is 0 Å². The van der Waals surface area contributed by atoms with Crippen molar-refractivity contribution in [2.24, 2.45) is 41.2 Å². The van der Waals surface area contributed by atoms with Crippen LogP contribution >= 0.6 is 0 Å². The second kappa shape index (κ2) is 28.4.